The summed E-state index contributed by atoms with van der Waals surface area (Å²) in [6, 6.07) is 20.3. The molecule has 1 aliphatic heterocycles. The van der Waals surface area contributed by atoms with Crippen molar-refractivity contribution in [3.05, 3.63) is 112 Å². The molecule has 4 aromatic rings. The first-order chi connectivity index (χ1) is 16.9. The van der Waals surface area contributed by atoms with Crippen LogP contribution in [-0.2, 0) is 6.54 Å². The molecule has 3 aromatic carbocycles. The fourth-order valence-corrected chi connectivity index (χ4v) is 4.29. The van der Waals surface area contributed by atoms with Gasteiger partial charge in [-0.25, -0.2) is 9.18 Å². The third kappa shape index (κ3) is 4.55. The van der Waals surface area contributed by atoms with E-state index in [1.807, 2.05) is 50.2 Å². The molecule has 5 rings (SSSR count). The predicted octanol–water partition coefficient (Wildman–Crippen LogP) is 6.54. The summed E-state index contributed by atoms with van der Waals surface area (Å²) in [6.07, 6.45) is 0. The number of nitrogens with one attached hydrogen (secondary N) is 1. The molecule has 0 bridgehead atoms. The Morgan fingerprint density at radius 3 is 2.46 bits per heavy atom. The van der Waals surface area contributed by atoms with Gasteiger partial charge in [0.25, 0.3) is 5.89 Å². The van der Waals surface area contributed by atoms with E-state index in [0.29, 0.717) is 34.2 Å². The third-order valence-electron chi connectivity index (χ3n) is 6.15. The van der Waals surface area contributed by atoms with Crippen molar-refractivity contribution in [3.63, 3.8) is 0 Å². The molecule has 0 fully saturated rings. The van der Waals surface area contributed by atoms with Crippen LogP contribution in [0.4, 0.5) is 9.18 Å². The number of allylic oxidation sites excluding steroid dienone is 1. The van der Waals surface area contributed by atoms with Gasteiger partial charge in [0.15, 0.2) is 0 Å². The average molecular weight is 489 g/mol. The predicted molar refractivity (Wildman–Crippen MR) is 132 cm³/mol. The summed E-state index contributed by atoms with van der Waals surface area (Å²) in [5, 5.41) is 7.79. The Bertz CT molecular complexity index is 1410. The number of carbonyl (C=O) groups excluding carboxylic acids is 1. The molecule has 0 spiro atoms. The van der Waals surface area contributed by atoms with Crippen LogP contribution in [0, 0.1) is 12.7 Å². The first kappa shape index (κ1) is 22.8. The minimum Gasteiger partial charge on any atom is -0.334 e. The largest absolute Gasteiger partial charge is 0.334 e. The van der Waals surface area contributed by atoms with Crippen molar-refractivity contribution in [3.8, 4) is 11.4 Å². The molecule has 2 heterocycles. The highest BCUT2D eigenvalue weighted by molar-refractivity contribution is 6.30. The number of aromatic nitrogens is 2. The number of benzene rings is 3. The lowest BCUT2D eigenvalue weighted by atomic mass is 9.94. The van der Waals surface area contributed by atoms with Gasteiger partial charge in [-0.1, -0.05) is 53.2 Å². The maximum Gasteiger partial charge on any atom is 0.322 e. The first-order valence-electron chi connectivity index (χ1n) is 11.1. The molecule has 1 atom stereocenters. The van der Waals surface area contributed by atoms with Crippen molar-refractivity contribution in [2.75, 3.05) is 0 Å². The molecule has 2 amide bonds. The fourth-order valence-electron chi connectivity index (χ4n) is 4.16. The molecule has 35 heavy (non-hydrogen) atoms. The molecular weight excluding hydrogens is 467 g/mol. The van der Waals surface area contributed by atoms with Gasteiger partial charge < -0.3 is 9.84 Å². The van der Waals surface area contributed by atoms with Crippen molar-refractivity contribution in [1.82, 2.24) is 20.4 Å². The highest BCUT2D eigenvalue weighted by Gasteiger charge is 2.36. The zero-order chi connectivity index (χ0) is 24.5. The minimum absolute atomic E-state index is 0.229. The number of hydrogen-bond donors (Lipinski definition) is 1. The highest BCUT2D eigenvalue weighted by atomic mass is 35.5. The van der Waals surface area contributed by atoms with Crippen LogP contribution in [0.1, 0.15) is 35.5 Å². The van der Waals surface area contributed by atoms with Crippen molar-refractivity contribution in [1.29, 1.82) is 0 Å². The Balaban J connectivity index is 1.60. The number of aryl methyl sites for hydroxylation is 1. The summed E-state index contributed by atoms with van der Waals surface area (Å²) in [7, 11) is 0. The summed E-state index contributed by atoms with van der Waals surface area (Å²) in [5.74, 6) is 0.259. The smallest absolute Gasteiger partial charge is 0.322 e. The van der Waals surface area contributed by atoms with Gasteiger partial charge in [-0.2, -0.15) is 4.98 Å². The Morgan fingerprint density at radius 2 is 1.74 bits per heavy atom. The maximum absolute atomic E-state index is 13.4. The van der Waals surface area contributed by atoms with Gasteiger partial charge >= 0.3 is 6.03 Å². The second-order valence-corrected chi connectivity index (χ2v) is 8.81. The van der Waals surface area contributed by atoms with Crippen molar-refractivity contribution in [2.24, 2.45) is 0 Å². The Labute approximate surface area is 207 Å². The lowest BCUT2D eigenvalue weighted by molar-refractivity contribution is 0.203. The van der Waals surface area contributed by atoms with E-state index in [9.17, 15) is 9.18 Å². The second-order valence-electron chi connectivity index (χ2n) is 8.38. The number of urea groups is 1. The molecule has 0 aliphatic carbocycles. The van der Waals surface area contributed by atoms with E-state index in [1.165, 1.54) is 12.1 Å². The van der Waals surface area contributed by atoms with E-state index >= 15 is 0 Å². The molecule has 0 saturated carbocycles. The summed E-state index contributed by atoms with van der Waals surface area (Å²) < 4.78 is 19.1. The van der Waals surface area contributed by atoms with Gasteiger partial charge in [0.2, 0.25) is 5.82 Å². The quantitative estimate of drug-likeness (QED) is 0.346. The van der Waals surface area contributed by atoms with Gasteiger partial charge in [-0.3, -0.25) is 4.90 Å². The summed E-state index contributed by atoms with van der Waals surface area (Å²) in [4.78, 5) is 19.5. The standard InChI is InChI=1S/C27H22ClFN4O2/c1-16-5-3-4-6-20(16)15-33-17(2)23(24(30-27(33)34)18-7-11-21(28)12-8-18)26-31-25(32-35-26)19-9-13-22(29)14-10-19/h3-14,24H,15H2,1-2H3,(H,30,34). The van der Waals surface area contributed by atoms with Crippen LogP contribution >= 0.6 is 11.6 Å². The van der Waals surface area contributed by atoms with Gasteiger partial charge in [0, 0.05) is 16.3 Å². The van der Waals surface area contributed by atoms with E-state index in [-0.39, 0.29) is 17.7 Å². The van der Waals surface area contributed by atoms with Crippen LogP contribution in [0.5, 0.6) is 0 Å². The minimum atomic E-state index is -0.519. The van der Waals surface area contributed by atoms with Gasteiger partial charge in [-0.05, 0) is 66.9 Å². The van der Waals surface area contributed by atoms with Crippen molar-refractivity contribution >= 4 is 23.2 Å². The van der Waals surface area contributed by atoms with Gasteiger partial charge in [-0.15, -0.1) is 0 Å². The van der Waals surface area contributed by atoms with Crippen molar-refractivity contribution in [2.45, 2.75) is 26.4 Å². The molecule has 1 unspecified atom stereocenters. The molecule has 176 valence electrons. The maximum atomic E-state index is 13.4. The number of nitrogens with zero attached hydrogens (tertiary/aromatic N) is 3. The van der Waals surface area contributed by atoms with Crippen LogP contribution in [0.25, 0.3) is 17.0 Å². The van der Waals surface area contributed by atoms with Gasteiger partial charge in [0.05, 0.1) is 18.2 Å². The fraction of sp³-hybridized carbons (Fsp3) is 0.148. The van der Waals surface area contributed by atoms with Crippen LogP contribution in [0.3, 0.4) is 0 Å². The second kappa shape index (κ2) is 9.35. The Kier molecular flexibility index (Phi) is 6.09. The Hall–Kier alpha value is -3.97. The van der Waals surface area contributed by atoms with Crippen molar-refractivity contribution < 1.29 is 13.7 Å². The van der Waals surface area contributed by atoms with Crippen LogP contribution in [0.2, 0.25) is 5.02 Å². The zero-order valence-electron chi connectivity index (χ0n) is 19.1. The molecule has 8 heteroatoms. The molecule has 1 N–H and O–H groups in total. The van der Waals surface area contributed by atoms with Crippen LogP contribution in [0.15, 0.2) is 83.0 Å². The van der Waals surface area contributed by atoms with E-state index < -0.39 is 6.04 Å². The van der Waals surface area contributed by atoms with E-state index in [0.717, 1.165) is 16.7 Å². The Morgan fingerprint density at radius 1 is 1.03 bits per heavy atom. The van der Waals surface area contributed by atoms with Crippen LogP contribution < -0.4 is 5.32 Å². The molecule has 1 aromatic heterocycles. The number of rotatable bonds is 5. The number of halogens is 2. The lowest BCUT2D eigenvalue weighted by Crippen LogP contribution is -2.45. The van der Waals surface area contributed by atoms with Gasteiger partial charge in [0.1, 0.15) is 5.82 Å². The third-order valence-corrected chi connectivity index (χ3v) is 6.40. The molecule has 0 saturated heterocycles. The number of amides is 2. The summed E-state index contributed by atoms with van der Waals surface area (Å²) in [6.45, 7) is 4.28. The molecule has 1 aliphatic rings. The van der Waals surface area contributed by atoms with E-state index in [4.69, 9.17) is 16.1 Å². The van der Waals surface area contributed by atoms with E-state index in [2.05, 4.69) is 15.5 Å². The summed E-state index contributed by atoms with van der Waals surface area (Å²) >= 11 is 6.10. The topological polar surface area (TPSA) is 71.3 Å². The molecule has 6 nitrogen and oxygen atoms in total. The monoisotopic (exact) mass is 488 g/mol. The molecule has 0 radical (unpaired) electrons. The zero-order valence-corrected chi connectivity index (χ0v) is 19.9. The molecular formula is C27H22ClFN4O2. The van der Waals surface area contributed by atoms with Crippen LogP contribution in [-0.4, -0.2) is 21.1 Å². The number of hydrogen-bond acceptors (Lipinski definition) is 4. The number of carbonyl (C=O) groups is 1. The SMILES string of the molecule is CC1=C(c2nc(-c3ccc(F)cc3)no2)C(c2ccc(Cl)cc2)NC(=O)N1Cc1ccccc1C. The first-order valence-corrected chi connectivity index (χ1v) is 11.5. The summed E-state index contributed by atoms with van der Waals surface area (Å²) in [5.41, 5.74) is 4.95. The lowest BCUT2D eigenvalue weighted by Gasteiger charge is -2.35. The average Bonchev–Trinajstić information content (AvgIpc) is 3.33. The highest BCUT2D eigenvalue weighted by Crippen LogP contribution is 2.38. The van der Waals surface area contributed by atoms with E-state index in [1.54, 1.807) is 29.2 Å². The normalized spacial score (nSPS) is 15.9.